The van der Waals surface area contributed by atoms with Crippen LogP contribution >= 0.6 is 0 Å². The molecule has 0 radical (unpaired) electrons. The van der Waals surface area contributed by atoms with E-state index in [2.05, 4.69) is 15.3 Å². The third-order valence-electron chi connectivity index (χ3n) is 4.98. The van der Waals surface area contributed by atoms with Crippen LogP contribution in [-0.4, -0.2) is 20.4 Å². The second kappa shape index (κ2) is 8.47. The molecule has 156 valence electrons. The Balaban J connectivity index is 1.62. The second-order valence-corrected chi connectivity index (χ2v) is 7.43. The summed E-state index contributed by atoms with van der Waals surface area (Å²) in [5, 5.41) is 2.71. The molecule has 0 saturated carbocycles. The molecule has 1 amide bonds. The Hall–Kier alpha value is -3.87. The van der Waals surface area contributed by atoms with Crippen molar-refractivity contribution >= 4 is 17.1 Å². The highest BCUT2D eigenvalue weighted by Gasteiger charge is 2.16. The number of hydrogen-bond donors (Lipinski definition) is 1. The van der Waals surface area contributed by atoms with E-state index in [1.54, 1.807) is 59.3 Å². The molecule has 0 atom stereocenters. The number of pyridine rings is 1. The number of benzene rings is 2. The van der Waals surface area contributed by atoms with Crippen LogP contribution in [0.5, 0.6) is 0 Å². The van der Waals surface area contributed by atoms with Crippen LogP contribution in [0.1, 0.15) is 35.8 Å². The van der Waals surface area contributed by atoms with Crippen molar-refractivity contribution in [3.8, 4) is 11.3 Å². The minimum atomic E-state index is -0.364. The van der Waals surface area contributed by atoms with Crippen molar-refractivity contribution in [2.45, 2.75) is 26.4 Å². The first-order valence-corrected chi connectivity index (χ1v) is 9.95. The first-order valence-electron chi connectivity index (χ1n) is 9.95. The Bertz CT molecular complexity index is 1310. The topological polar surface area (TPSA) is 76.9 Å². The van der Waals surface area contributed by atoms with Gasteiger partial charge in [0.25, 0.3) is 11.5 Å². The molecule has 7 heteroatoms. The van der Waals surface area contributed by atoms with Crippen molar-refractivity contribution < 1.29 is 9.18 Å². The van der Waals surface area contributed by atoms with Gasteiger partial charge in [0.15, 0.2) is 5.65 Å². The summed E-state index contributed by atoms with van der Waals surface area (Å²) in [6.45, 7) is 3.93. The Labute approximate surface area is 178 Å². The van der Waals surface area contributed by atoms with Crippen LogP contribution in [0, 0.1) is 5.82 Å². The molecule has 6 nitrogen and oxygen atoms in total. The summed E-state index contributed by atoms with van der Waals surface area (Å²) < 4.78 is 15.3. The van der Waals surface area contributed by atoms with E-state index < -0.39 is 0 Å². The molecule has 4 rings (SSSR count). The summed E-state index contributed by atoms with van der Waals surface area (Å²) in [7, 11) is 0. The van der Waals surface area contributed by atoms with Crippen LogP contribution in [0.3, 0.4) is 0 Å². The zero-order chi connectivity index (χ0) is 22.0. The lowest BCUT2D eigenvalue weighted by Crippen LogP contribution is -2.26. The summed E-state index contributed by atoms with van der Waals surface area (Å²) in [4.78, 5) is 34.3. The van der Waals surface area contributed by atoms with Gasteiger partial charge in [0, 0.05) is 35.5 Å². The number of halogens is 1. The number of amides is 1. The van der Waals surface area contributed by atoms with Crippen molar-refractivity contribution in [3.05, 3.63) is 94.2 Å². The monoisotopic (exact) mass is 416 g/mol. The number of carbonyl (C=O) groups excluding carboxylic acids is 1. The Morgan fingerprint density at radius 3 is 2.52 bits per heavy atom. The fourth-order valence-corrected chi connectivity index (χ4v) is 3.41. The van der Waals surface area contributed by atoms with Gasteiger partial charge in [0.05, 0.1) is 0 Å². The average molecular weight is 416 g/mol. The summed E-state index contributed by atoms with van der Waals surface area (Å²) in [5.74, 6) is -0.693. The van der Waals surface area contributed by atoms with Gasteiger partial charge in [-0.1, -0.05) is 30.3 Å². The molecule has 2 aromatic carbocycles. The van der Waals surface area contributed by atoms with Crippen molar-refractivity contribution in [1.29, 1.82) is 0 Å². The highest BCUT2D eigenvalue weighted by atomic mass is 19.1. The molecular weight excluding hydrogens is 395 g/mol. The number of nitrogens with one attached hydrogen (secondary N) is 1. The molecule has 0 bridgehead atoms. The van der Waals surface area contributed by atoms with Crippen molar-refractivity contribution in [2.75, 3.05) is 0 Å². The minimum absolute atomic E-state index is 0.0879. The standard InChI is InChI=1S/C24H21FN4O2/c1-15(2)29-22-20(8-5-13-26-22)28-21(24(29)31)16-9-11-17(12-10-16)23(30)27-14-18-6-3-4-7-19(18)25/h3-13,15H,14H2,1-2H3,(H,27,30). The third kappa shape index (κ3) is 4.07. The van der Waals surface area contributed by atoms with Gasteiger partial charge in [0.2, 0.25) is 0 Å². The molecule has 0 spiro atoms. The highest BCUT2D eigenvalue weighted by molar-refractivity contribution is 5.94. The average Bonchev–Trinajstić information content (AvgIpc) is 2.77. The zero-order valence-electron chi connectivity index (χ0n) is 17.2. The van der Waals surface area contributed by atoms with Crippen LogP contribution in [0.2, 0.25) is 0 Å². The predicted molar refractivity (Wildman–Crippen MR) is 117 cm³/mol. The quantitative estimate of drug-likeness (QED) is 0.531. The molecule has 2 aromatic heterocycles. The smallest absolute Gasteiger partial charge is 0.278 e. The normalized spacial score (nSPS) is 11.1. The van der Waals surface area contributed by atoms with E-state index in [1.165, 1.54) is 6.07 Å². The predicted octanol–water partition coefficient (Wildman–Crippen LogP) is 4.11. The lowest BCUT2D eigenvalue weighted by Gasteiger charge is -2.14. The Morgan fingerprint density at radius 1 is 1.06 bits per heavy atom. The van der Waals surface area contributed by atoms with Crippen molar-refractivity contribution in [2.24, 2.45) is 0 Å². The SMILES string of the molecule is CC(C)n1c(=O)c(-c2ccc(C(=O)NCc3ccccc3F)cc2)nc2cccnc21. The Kier molecular flexibility index (Phi) is 5.58. The maximum atomic E-state index is 13.7. The summed E-state index contributed by atoms with van der Waals surface area (Å²) in [6, 6.07) is 16.4. The summed E-state index contributed by atoms with van der Waals surface area (Å²) >= 11 is 0. The maximum Gasteiger partial charge on any atom is 0.278 e. The number of hydrogen-bond acceptors (Lipinski definition) is 4. The largest absolute Gasteiger partial charge is 0.348 e. The maximum absolute atomic E-state index is 13.7. The molecule has 0 fully saturated rings. The number of nitrogens with zero attached hydrogens (tertiary/aromatic N) is 3. The van der Waals surface area contributed by atoms with E-state index in [0.29, 0.717) is 33.5 Å². The van der Waals surface area contributed by atoms with Gasteiger partial charge in [-0.25, -0.2) is 14.4 Å². The fourth-order valence-electron chi connectivity index (χ4n) is 3.41. The minimum Gasteiger partial charge on any atom is -0.348 e. The number of aromatic nitrogens is 3. The van der Waals surface area contributed by atoms with Gasteiger partial charge in [-0.2, -0.15) is 0 Å². The summed E-state index contributed by atoms with van der Waals surface area (Å²) in [6.07, 6.45) is 1.64. The van der Waals surface area contributed by atoms with Crippen molar-refractivity contribution in [3.63, 3.8) is 0 Å². The Morgan fingerprint density at radius 2 is 1.81 bits per heavy atom. The molecule has 4 aromatic rings. The van der Waals surface area contributed by atoms with Gasteiger partial charge in [-0.3, -0.25) is 14.2 Å². The van der Waals surface area contributed by atoms with E-state index in [1.807, 2.05) is 19.9 Å². The van der Waals surface area contributed by atoms with Crippen molar-refractivity contribution in [1.82, 2.24) is 19.9 Å². The molecule has 0 aliphatic carbocycles. The first kappa shape index (κ1) is 20.4. The number of rotatable bonds is 5. The van der Waals surface area contributed by atoms with E-state index >= 15 is 0 Å². The van der Waals surface area contributed by atoms with Gasteiger partial charge >= 0.3 is 0 Å². The van der Waals surface area contributed by atoms with E-state index in [0.717, 1.165) is 0 Å². The van der Waals surface area contributed by atoms with Crippen LogP contribution in [-0.2, 0) is 6.54 Å². The van der Waals surface area contributed by atoms with Gasteiger partial charge in [-0.15, -0.1) is 0 Å². The van der Waals surface area contributed by atoms with E-state index in [-0.39, 0.29) is 29.9 Å². The molecular formula is C24H21FN4O2. The zero-order valence-corrected chi connectivity index (χ0v) is 17.2. The molecule has 1 N–H and O–H groups in total. The lowest BCUT2D eigenvalue weighted by atomic mass is 10.1. The molecule has 0 unspecified atom stereocenters. The third-order valence-corrected chi connectivity index (χ3v) is 4.98. The van der Waals surface area contributed by atoms with E-state index in [9.17, 15) is 14.0 Å². The lowest BCUT2D eigenvalue weighted by molar-refractivity contribution is 0.0950. The van der Waals surface area contributed by atoms with E-state index in [4.69, 9.17) is 0 Å². The fraction of sp³-hybridized carbons (Fsp3) is 0.167. The summed E-state index contributed by atoms with van der Waals surface area (Å²) in [5.41, 5.74) is 2.65. The first-order chi connectivity index (χ1) is 15.0. The van der Waals surface area contributed by atoms with Gasteiger partial charge in [-0.05, 0) is 44.2 Å². The second-order valence-electron chi connectivity index (χ2n) is 7.43. The molecule has 2 heterocycles. The molecule has 0 aliphatic heterocycles. The van der Waals surface area contributed by atoms with Gasteiger partial charge < -0.3 is 5.32 Å². The van der Waals surface area contributed by atoms with Crippen LogP contribution in [0.15, 0.2) is 71.7 Å². The van der Waals surface area contributed by atoms with Crippen LogP contribution in [0.25, 0.3) is 22.4 Å². The van der Waals surface area contributed by atoms with Gasteiger partial charge in [0.1, 0.15) is 17.0 Å². The molecule has 0 saturated heterocycles. The number of fused-ring (bicyclic) bond motifs is 1. The number of carbonyl (C=O) groups is 1. The molecule has 0 aliphatic rings. The van der Waals surface area contributed by atoms with Crippen LogP contribution in [0.4, 0.5) is 4.39 Å². The van der Waals surface area contributed by atoms with Crippen LogP contribution < -0.4 is 10.9 Å². The molecule has 31 heavy (non-hydrogen) atoms. The highest BCUT2D eigenvalue weighted by Crippen LogP contribution is 2.19.